The molecule has 0 saturated carbocycles. The van der Waals surface area contributed by atoms with E-state index in [1.54, 1.807) is 44.2 Å². The van der Waals surface area contributed by atoms with Crippen LogP contribution in [0.5, 0.6) is 0 Å². The number of esters is 1. The molecule has 3 N–H and O–H groups in total. The first-order valence-electron chi connectivity index (χ1n) is 12.1. The molecule has 0 bridgehead atoms. The monoisotopic (exact) mass is 579 g/mol. The van der Waals surface area contributed by atoms with Crippen LogP contribution in [0.25, 0.3) is 9.88 Å². The van der Waals surface area contributed by atoms with Crippen molar-refractivity contribution in [3.63, 3.8) is 0 Å². The quantitative estimate of drug-likeness (QED) is 0.155. The van der Waals surface area contributed by atoms with Crippen molar-refractivity contribution in [1.29, 1.82) is 0 Å². The van der Waals surface area contributed by atoms with Gasteiger partial charge in [0.2, 0.25) is 5.91 Å². The van der Waals surface area contributed by atoms with Gasteiger partial charge >= 0.3 is 16.3 Å². The van der Waals surface area contributed by atoms with Gasteiger partial charge in [0.15, 0.2) is 0 Å². The summed E-state index contributed by atoms with van der Waals surface area (Å²) in [6.07, 6.45) is 0.676. The highest BCUT2D eigenvalue weighted by molar-refractivity contribution is 7.87. The van der Waals surface area contributed by atoms with Crippen LogP contribution in [-0.4, -0.2) is 35.4 Å². The molecule has 0 saturated heterocycles. The summed E-state index contributed by atoms with van der Waals surface area (Å²) in [5.41, 5.74) is 0.917. The number of hydrogen-bond donors (Lipinski definition) is 3. The molecule has 12 heteroatoms. The zero-order chi connectivity index (χ0) is 28.1. The highest BCUT2D eigenvalue weighted by Crippen LogP contribution is 2.31. The van der Waals surface area contributed by atoms with Gasteiger partial charge in [-0.2, -0.15) is 8.42 Å². The number of nitrogens with zero attached hydrogens (tertiary/aromatic N) is 1. The van der Waals surface area contributed by atoms with Crippen LogP contribution in [0.15, 0.2) is 47.2 Å². The third-order valence-electron chi connectivity index (χ3n) is 5.28. The second-order valence-corrected chi connectivity index (χ2v) is 13.3. The number of rotatable bonds is 11. The lowest BCUT2D eigenvalue weighted by atomic mass is 9.95. The number of hydrogen-bond acceptors (Lipinski definition) is 8. The number of nitrogens with one attached hydrogen (secondary N) is 2. The van der Waals surface area contributed by atoms with E-state index in [0.29, 0.717) is 18.5 Å². The minimum Gasteiger partial charge on any atom is -0.459 e. The maximum Gasteiger partial charge on any atom is 0.357 e. The molecular formula is C26H33N3O6S3. The minimum absolute atomic E-state index is 0.0873. The van der Waals surface area contributed by atoms with Crippen LogP contribution in [0.1, 0.15) is 58.3 Å². The Hall–Kier alpha value is -2.80. The van der Waals surface area contributed by atoms with Crippen LogP contribution in [-0.2, 0) is 31.1 Å². The fraction of sp³-hybridized carbons (Fsp3) is 0.423. The van der Waals surface area contributed by atoms with E-state index in [4.69, 9.17) is 14.3 Å². The van der Waals surface area contributed by atoms with Crippen LogP contribution < -0.4 is 10.0 Å². The van der Waals surface area contributed by atoms with E-state index in [0.717, 1.165) is 15.4 Å². The van der Waals surface area contributed by atoms with Crippen molar-refractivity contribution >= 4 is 50.5 Å². The average molecular weight is 580 g/mol. The first-order valence-corrected chi connectivity index (χ1v) is 15.3. The number of benzene rings is 1. The lowest BCUT2D eigenvalue weighted by Gasteiger charge is -2.26. The Morgan fingerprint density at radius 2 is 1.79 bits per heavy atom. The number of anilines is 1. The molecule has 0 aliphatic rings. The van der Waals surface area contributed by atoms with Crippen molar-refractivity contribution in [3.8, 4) is 9.88 Å². The molecule has 0 fully saturated rings. The smallest absolute Gasteiger partial charge is 0.357 e. The summed E-state index contributed by atoms with van der Waals surface area (Å²) >= 11 is 3.04. The molecule has 0 aliphatic carbocycles. The molecule has 1 unspecified atom stereocenters. The van der Waals surface area contributed by atoms with Gasteiger partial charge in [0.05, 0.1) is 22.3 Å². The van der Waals surface area contributed by atoms with Crippen molar-refractivity contribution in [2.45, 2.75) is 59.1 Å². The second kappa shape index (κ2) is 12.4. The third-order valence-corrected chi connectivity index (χ3v) is 7.68. The van der Waals surface area contributed by atoms with E-state index in [2.05, 4.69) is 5.32 Å². The number of thiazole rings is 1. The molecule has 9 nitrogen and oxygen atoms in total. The van der Waals surface area contributed by atoms with E-state index >= 15 is 0 Å². The van der Waals surface area contributed by atoms with Gasteiger partial charge in [-0.1, -0.05) is 32.0 Å². The first kappa shape index (κ1) is 29.8. The van der Waals surface area contributed by atoms with Crippen molar-refractivity contribution in [2.24, 2.45) is 11.8 Å². The Kier molecular flexibility index (Phi) is 9.69. The molecule has 0 radical (unpaired) electrons. The van der Waals surface area contributed by atoms with Gasteiger partial charge in [-0.05, 0) is 68.7 Å². The zero-order valence-corrected chi connectivity index (χ0v) is 24.4. The van der Waals surface area contributed by atoms with E-state index in [9.17, 15) is 18.0 Å². The normalized spacial score (nSPS) is 13.7. The molecule has 206 valence electrons. The van der Waals surface area contributed by atoms with Crippen molar-refractivity contribution < 1.29 is 27.3 Å². The number of carbonyl (C=O) groups excluding carboxylic acids is 2. The fourth-order valence-corrected chi connectivity index (χ4v) is 5.83. The van der Waals surface area contributed by atoms with Crippen LogP contribution >= 0.6 is 22.7 Å². The van der Waals surface area contributed by atoms with Crippen LogP contribution in [0.2, 0.25) is 0 Å². The van der Waals surface area contributed by atoms with Gasteiger partial charge in [-0.15, -0.1) is 22.7 Å². The minimum atomic E-state index is -4.39. The number of aromatic nitrogens is 1. The van der Waals surface area contributed by atoms with Crippen LogP contribution in [0.4, 0.5) is 5.69 Å². The van der Waals surface area contributed by atoms with Gasteiger partial charge < -0.3 is 10.1 Å². The molecule has 2 atom stereocenters. The SMILES string of the molecule is CC(C)C[C@@H](C(=O)NC(Cc1ccc(NS(=O)(=O)O)cc1)c1csc(-c2cccs2)n1)C(=O)OC(C)(C)C. The summed E-state index contributed by atoms with van der Waals surface area (Å²) in [7, 11) is -4.39. The van der Waals surface area contributed by atoms with E-state index < -0.39 is 39.7 Å². The van der Waals surface area contributed by atoms with Gasteiger partial charge in [0, 0.05) is 5.38 Å². The largest absolute Gasteiger partial charge is 0.459 e. The lowest BCUT2D eigenvalue weighted by molar-refractivity contribution is -0.163. The Balaban J connectivity index is 1.88. The Bertz CT molecular complexity index is 1330. The number of ether oxygens (including phenoxy) is 1. The Morgan fingerprint density at radius 1 is 1.11 bits per heavy atom. The molecule has 3 rings (SSSR count). The number of thiophene rings is 1. The van der Waals surface area contributed by atoms with Gasteiger partial charge in [0.1, 0.15) is 16.5 Å². The average Bonchev–Trinajstić information content (AvgIpc) is 3.48. The highest BCUT2D eigenvalue weighted by atomic mass is 32.2. The summed E-state index contributed by atoms with van der Waals surface area (Å²) in [6.45, 7) is 9.18. The molecular weight excluding hydrogens is 547 g/mol. The summed E-state index contributed by atoms with van der Waals surface area (Å²) in [5, 5.41) is 7.70. The van der Waals surface area contributed by atoms with Gasteiger partial charge in [-0.3, -0.25) is 18.9 Å². The maximum absolute atomic E-state index is 13.5. The molecule has 2 heterocycles. The predicted octanol–water partition coefficient (Wildman–Crippen LogP) is 5.49. The highest BCUT2D eigenvalue weighted by Gasteiger charge is 2.33. The molecule has 0 aliphatic heterocycles. The summed E-state index contributed by atoms with van der Waals surface area (Å²) in [6, 6.07) is 9.79. The predicted molar refractivity (Wildman–Crippen MR) is 150 cm³/mol. The van der Waals surface area contributed by atoms with Crippen LogP contribution in [0.3, 0.4) is 0 Å². The van der Waals surface area contributed by atoms with Gasteiger partial charge in [0.25, 0.3) is 0 Å². The van der Waals surface area contributed by atoms with E-state index in [-0.39, 0.29) is 11.6 Å². The van der Waals surface area contributed by atoms with Crippen molar-refractivity contribution in [2.75, 3.05) is 4.72 Å². The maximum atomic E-state index is 13.5. The lowest BCUT2D eigenvalue weighted by Crippen LogP contribution is -2.41. The molecule has 0 spiro atoms. The van der Waals surface area contributed by atoms with Gasteiger partial charge in [-0.25, -0.2) is 4.98 Å². The van der Waals surface area contributed by atoms with E-state index in [1.807, 2.05) is 41.5 Å². The summed E-state index contributed by atoms with van der Waals surface area (Å²) < 4.78 is 38.8. The molecule has 2 aromatic heterocycles. The Morgan fingerprint density at radius 3 is 2.34 bits per heavy atom. The van der Waals surface area contributed by atoms with Crippen LogP contribution in [0, 0.1) is 11.8 Å². The van der Waals surface area contributed by atoms with E-state index in [1.165, 1.54) is 23.5 Å². The summed E-state index contributed by atoms with van der Waals surface area (Å²) in [5.74, 6) is -1.90. The molecule has 1 aromatic carbocycles. The molecule has 1 amide bonds. The number of amides is 1. The molecule has 38 heavy (non-hydrogen) atoms. The third kappa shape index (κ3) is 9.19. The standard InChI is InChI=1S/C26H33N3O6S3/c1-16(2)13-19(25(31)35-26(3,4)5)23(30)27-20(21-15-37-24(28-21)22-7-6-12-36-22)14-17-8-10-18(11-9-17)29-38(32,33)34/h6-12,15-16,19-20,29H,13-14H2,1-5H3,(H,27,30)(H,32,33,34)/t19-,20?/m0/s1. The first-order chi connectivity index (χ1) is 17.7. The molecule has 3 aromatic rings. The zero-order valence-electron chi connectivity index (χ0n) is 21.9. The topological polar surface area (TPSA) is 135 Å². The second-order valence-electron chi connectivity index (χ2n) is 10.3. The number of carbonyl (C=O) groups is 2. The summed E-state index contributed by atoms with van der Waals surface area (Å²) in [4.78, 5) is 32.2. The Labute approximate surface area is 231 Å². The van der Waals surface area contributed by atoms with Crippen molar-refractivity contribution in [1.82, 2.24) is 10.3 Å². The fourth-order valence-electron chi connectivity index (χ4n) is 3.71. The van der Waals surface area contributed by atoms with Crippen molar-refractivity contribution in [3.05, 3.63) is 58.4 Å².